The third-order valence-corrected chi connectivity index (χ3v) is 4.67. The summed E-state index contributed by atoms with van der Waals surface area (Å²) in [6.07, 6.45) is 3.41. The molecule has 5 heteroatoms. The van der Waals surface area contributed by atoms with Crippen LogP contribution in [0, 0.1) is 5.92 Å². The van der Waals surface area contributed by atoms with Gasteiger partial charge in [-0.2, -0.15) is 5.10 Å². The Morgan fingerprint density at radius 2 is 2.05 bits per heavy atom. The van der Waals surface area contributed by atoms with Crippen LogP contribution in [0.15, 0.2) is 18.2 Å². The van der Waals surface area contributed by atoms with Crippen molar-refractivity contribution in [1.29, 1.82) is 0 Å². The number of nitrogens with zero attached hydrogens (tertiary/aromatic N) is 3. The average Bonchev–Trinajstić information content (AvgIpc) is 2.84. The van der Waals surface area contributed by atoms with Crippen molar-refractivity contribution in [2.24, 2.45) is 13.0 Å². The van der Waals surface area contributed by atoms with Crippen LogP contribution in [0.3, 0.4) is 0 Å². The van der Waals surface area contributed by atoms with Crippen LogP contribution in [-0.4, -0.2) is 47.9 Å². The molecule has 22 heavy (non-hydrogen) atoms. The quantitative estimate of drug-likeness (QED) is 0.816. The molecule has 0 saturated carbocycles. The number of rotatable bonds is 3. The average molecular weight is 301 g/mol. The van der Waals surface area contributed by atoms with Crippen molar-refractivity contribution in [2.75, 3.05) is 27.2 Å². The zero-order valence-corrected chi connectivity index (χ0v) is 13.5. The number of piperidine rings is 1. The Labute approximate surface area is 130 Å². The van der Waals surface area contributed by atoms with Crippen LogP contribution in [0.25, 0.3) is 10.9 Å². The number of methoxy groups -OCH3 is 1. The van der Waals surface area contributed by atoms with E-state index in [0.29, 0.717) is 11.5 Å². The molecule has 2 aromatic rings. The highest BCUT2D eigenvalue weighted by Crippen LogP contribution is 2.26. The summed E-state index contributed by atoms with van der Waals surface area (Å²) in [6.45, 7) is 2.31. The van der Waals surface area contributed by atoms with Crippen LogP contribution >= 0.6 is 0 Å². The first-order valence-corrected chi connectivity index (χ1v) is 7.81. The highest BCUT2D eigenvalue weighted by atomic mass is 16.5. The van der Waals surface area contributed by atoms with Gasteiger partial charge in [0.1, 0.15) is 0 Å². The largest absolute Gasteiger partial charge is 0.465 e. The summed E-state index contributed by atoms with van der Waals surface area (Å²) in [5, 5.41) is 5.75. The summed E-state index contributed by atoms with van der Waals surface area (Å²) in [6, 6.07) is 5.67. The molecule has 3 rings (SSSR count). The van der Waals surface area contributed by atoms with Crippen molar-refractivity contribution in [3.05, 3.63) is 29.5 Å². The molecule has 1 aromatic heterocycles. The van der Waals surface area contributed by atoms with Crippen molar-refractivity contribution in [2.45, 2.75) is 19.3 Å². The summed E-state index contributed by atoms with van der Waals surface area (Å²) in [5.41, 5.74) is 2.75. The second kappa shape index (κ2) is 6.08. The Balaban J connectivity index is 1.90. The number of carbonyl (C=O) groups is 1. The number of aryl methyl sites for hydroxylation is 1. The van der Waals surface area contributed by atoms with Gasteiger partial charge < -0.3 is 9.64 Å². The second-order valence-electron chi connectivity index (χ2n) is 6.24. The molecule has 0 N–H and O–H groups in total. The summed E-state index contributed by atoms with van der Waals surface area (Å²) >= 11 is 0. The normalized spacial score (nSPS) is 17.0. The lowest BCUT2D eigenvalue weighted by atomic mass is 9.91. The molecule has 118 valence electrons. The van der Waals surface area contributed by atoms with E-state index in [1.807, 2.05) is 23.9 Å². The molecule has 0 radical (unpaired) electrons. The van der Waals surface area contributed by atoms with E-state index in [1.54, 1.807) is 6.07 Å². The highest BCUT2D eigenvalue weighted by molar-refractivity contribution is 5.95. The topological polar surface area (TPSA) is 47.4 Å². The van der Waals surface area contributed by atoms with E-state index in [9.17, 15) is 4.79 Å². The molecule has 0 aliphatic carbocycles. The fourth-order valence-electron chi connectivity index (χ4n) is 3.27. The van der Waals surface area contributed by atoms with Gasteiger partial charge in [0.2, 0.25) is 0 Å². The minimum Gasteiger partial charge on any atom is -0.465 e. The minimum atomic E-state index is -0.295. The highest BCUT2D eigenvalue weighted by Gasteiger charge is 2.20. The third-order valence-electron chi connectivity index (χ3n) is 4.67. The molecule has 1 aliphatic rings. The number of likely N-dealkylation sites (tertiary alicyclic amines) is 1. The number of fused-ring (bicyclic) bond motifs is 1. The number of benzene rings is 1. The van der Waals surface area contributed by atoms with E-state index in [-0.39, 0.29) is 5.97 Å². The molecule has 1 fully saturated rings. The molecular weight excluding hydrogens is 278 g/mol. The first-order valence-electron chi connectivity index (χ1n) is 7.81. The molecule has 5 nitrogen and oxygen atoms in total. The minimum absolute atomic E-state index is 0.295. The van der Waals surface area contributed by atoms with Gasteiger partial charge in [-0.05, 0) is 63.5 Å². The Bertz CT molecular complexity index is 685. The van der Waals surface area contributed by atoms with Crippen LogP contribution < -0.4 is 0 Å². The van der Waals surface area contributed by atoms with Crippen LogP contribution in [0.1, 0.15) is 28.9 Å². The van der Waals surface area contributed by atoms with Gasteiger partial charge in [0.15, 0.2) is 0 Å². The van der Waals surface area contributed by atoms with Crippen molar-refractivity contribution < 1.29 is 9.53 Å². The lowest BCUT2D eigenvalue weighted by Gasteiger charge is -2.28. The smallest absolute Gasteiger partial charge is 0.337 e. The predicted molar refractivity (Wildman–Crippen MR) is 86.0 cm³/mol. The summed E-state index contributed by atoms with van der Waals surface area (Å²) in [4.78, 5) is 14.1. The van der Waals surface area contributed by atoms with E-state index in [1.165, 1.54) is 20.0 Å². The molecular formula is C17H23N3O2. The maximum atomic E-state index is 11.7. The van der Waals surface area contributed by atoms with Gasteiger partial charge in [-0.3, -0.25) is 4.68 Å². The van der Waals surface area contributed by atoms with Crippen LogP contribution in [0.2, 0.25) is 0 Å². The number of carbonyl (C=O) groups excluding carboxylic acids is 1. The number of esters is 1. The molecule has 0 unspecified atom stereocenters. The van der Waals surface area contributed by atoms with Crippen molar-refractivity contribution in [3.8, 4) is 0 Å². The fraction of sp³-hybridized carbons (Fsp3) is 0.529. The van der Waals surface area contributed by atoms with Crippen LogP contribution in [0.4, 0.5) is 0 Å². The van der Waals surface area contributed by atoms with Crippen molar-refractivity contribution in [3.63, 3.8) is 0 Å². The molecule has 2 heterocycles. The first kappa shape index (κ1) is 15.0. The van der Waals surface area contributed by atoms with E-state index >= 15 is 0 Å². The van der Waals surface area contributed by atoms with Gasteiger partial charge in [0.05, 0.1) is 23.9 Å². The lowest BCUT2D eigenvalue weighted by Crippen LogP contribution is -2.31. The number of ether oxygens (including phenoxy) is 1. The Morgan fingerprint density at radius 3 is 2.73 bits per heavy atom. The zero-order valence-electron chi connectivity index (χ0n) is 13.5. The second-order valence-corrected chi connectivity index (χ2v) is 6.24. The SMILES string of the molecule is COC(=O)c1ccc2c(c1)c(CC1CCN(C)CC1)nn2C. The molecule has 1 aromatic carbocycles. The molecule has 0 bridgehead atoms. The summed E-state index contributed by atoms with van der Waals surface area (Å²) < 4.78 is 6.73. The number of aromatic nitrogens is 2. The maximum Gasteiger partial charge on any atom is 0.337 e. The van der Waals surface area contributed by atoms with Crippen molar-refractivity contribution >= 4 is 16.9 Å². The van der Waals surface area contributed by atoms with E-state index in [2.05, 4.69) is 17.0 Å². The third kappa shape index (κ3) is 2.86. The van der Waals surface area contributed by atoms with Crippen molar-refractivity contribution in [1.82, 2.24) is 14.7 Å². The van der Waals surface area contributed by atoms with Gasteiger partial charge in [0, 0.05) is 12.4 Å². The summed E-state index contributed by atoms with van der Waals surface area (Å²) in [5.74, 6) is 0.382. The van der Waals surface area contributed by atoms with E-state index in [0.717, 1.165) is 36.1 Å². The lowest BCUT2D eigenvalue weighted by molar-refractivity contribution is 0.0601. The molecule has 1 aliphatic heterocycles. The van der Waals surface area contributed by atoms with Gasteiger partial charge in [0.25, 0.3) is 0 Å². The van der Waals surface area contributed by atoms with E-state index in [4.69, 9.17) is 4.74 Å². The predicted octanol–water partition coefficient (Wildman–Crippen LogP) is 2.24. The number of hydrogen-bond donors (Lipinski definition) is 0. The van der Waals surface area contributed by atoms with Crippen LogP contribution in [-0.2, 0) is 18.2 Å². The van der Waals surface area contributed by atoms with Gasteiger partial charge in [-0.25, -0.2) is 4.79 Å². The molecule has 0 atom stereocenters. The maximum absolute atomic E-state index is 11.7. The number of hydrogen-bond acceptors (Lipinski definition) is 4. The van der Waals surface area contributed by atoms with Gasteiger partial charge in [-0.15, -0.1) is 0 Å². The molecule has 0 amide bonds. The standard InChI is InChI=1S/C17H23N3O2/c1-19-8-6-12(7-9-19)10-15-14-11-13(17(21)22-3)4-5-16(14)20(2)18-15/h4-5,11-12H,6-10H2,1-3H3. The molecule has 0 spiro atoms. The zero-order chi connectivity index (χ0) is 15.7. The fourth-order valence-corrected chi connectivity index (χ4v) is 3.27. The van der Waals surface area contributed by atoms with E-state index < -0.39 is 0 Å². The Kier molecular flexibility index (Phi) is 4.16. The summed E-state index contributed by atoms with van der Waals surface area (Å²) in [7, 11) is 5.54. The van der Waals surface area contributed by atoms with Crippen LogP contribution in [0.5, 0.6) is 0 Å². The molecule has 1 saturated heterocycles. The first-order chi connectivity index (χ1) is 10.6. The van der Waals surface area contributed by atoms with Gasteiger partial charge in [-0.1, -0.05) is 0 Å². The Morgan fingerprint density at radius 1 is 1.32 bits per heavy atom. The Hall–Kier alpha value is -1.88. The van der Waals surface area contributed by atoms with Gasteiger partial charge >= 0.3 is 5.97 Å². The monoisotopic (exact) mass is 301 g/mol.